The Morgan fingerprint density at radius 2 is 2.12 bits per heavy atom. The number of benzene rings is 1. The van der Waals surface area contributed by atoms with Crippen LogP contribution in [0.15, 0.2) is 41.3 Å². The van der Waals surface area contributed by atoms with E-state index in [2.05, 4.69) is 51.1 Å². The maximum Gasteiger partial charge on any atom is 0.0806 e. The molecule has 1 unspecified atom stereocenters. The highest BCUT2D eigenvalue weighted by Crippen LogP contribution is 2.26. The summed E-state index contributed by atoms with van der Waals surface area (Å²) >= 11 is 3.52. The average Bonchev–Trinajstić information content (AvgIpc) is 2.36. The summed E-state index contributed by atoms with van der Waals surface area (Å²) in [5.74, 6) is 0. The lowest BCUT2D eigenvalue weighted by atomic mass is 10.1. The van der Waals surface area contributed by atoms with E-state index >= 15 is 0 Å². The Kier molecular flexibility index (Phi) is 3.74. The predicted molar refractivity (Wildman–Crippen MR) is 72.9 cm³/mol. The lowest BCUT2D eigenvalue weighted by Gasteiger charge is -2.16. The molecule has 0 fully saturated rings. The molecule has 2 rings (SSSR count). The molecule has 0 spiro atoms. The topological polar surface area (TPSA) is 37.8 Å². The Labute approximate surface area is 109 Å². The van der Waals surface area contributed by atoms with Crippen LogP contribution in [0.5, 0.6) is 0 Å². The molecule has 0 aliphatic carbocycles. The summed E-state index contributed by atoms with van der Waals surface area (Å²) in [6.07, 6.45) is 5.17. The minimum absolute atomic E-state index is 0.136. The SMILES string of the molecule is Cc1c(Br)cccc1NC(C)c1cnccn1. The average molecular weight is 292 g/mol. The van der Waals surface area contributed by atoms with Crippen molar-refractivity contribution in [2.75, 3.05) is 5.32 Å². The zero-order chi connectivity index (χ0) is 12.3. The number of hydrogen-bond acceptors (Lipinski definition) is 3. The van der Waals surface area contributed by atoms with Crippen molar-refractivity contribution in [1.82, 2.24) is 9.97 Å². The minimum Gasteiger partial charge on any atom is -0.377 e. The highest BCUT2D eigenvalue weighted by molar-refractivity contribution is 9.10. The summed E-state index contributed by atoms with van der Waals surface area (Å²) in [5, 5.41) is 3.43. The maximum atomic E-state index is 4.29. The first-order valence-corrected chi connectivity index (χ1v) is 6.25. The molecule has 0 aliphatic heterocycles. The predicted octanol–water partition coefficient (Wildman–Crippen LogP) is 3.72. The van der Waals surface area contributed by atoms with Gasteiger partial charge < -0.3 is 5.32 Å². The van der Waals surface area contributed by atoms with Gasteiger partial charge in [-0.25, -0.2) is 0 Å². The molecule has 0 aliphatic rings. The summed E-state index contributed by atoms with van der Waals surface area (Å²) in [6, 6.07) is 6.25. The molecule has 1 aromatic carbocycles. The van der Waals surface area contributed by atoms with Crippen molar-refractivity contribution in [3.05, 3.63) is 52.5 Å². The van der Waals surface area contributed by atoms with Crippen LogP contribution in [-0.4, -0.2) is 9.97 Å². The van der Waals surface area contributed by atoms with E-state index < -0.39 is 0 Å². The van der Waals surface area contributed by atoms with Gasteiger partial charge in [-0.2, -0.15) is 0 Å². The molecule has 4 heteroatoms. The lowest BCUT2D eigenvalue weighted by Crippen LogP contribution is -2.09. The standard InChI is InChI=1S/C13H14BrN3/c1-9-11(14)4-3-5-12(9)17-10(2)13-8-15-6-7-16-13/h3-8,10,17H,1-2H3. The van der Waals surface area contributed by atoms with Gasteiger partial charge in [-0.3, -0.25) is 9.97 Å². The van der Waals surface area contributed by atoms with Gasteiger partial charge in [-0.1, -0.05) is 22.0 Å². The Balaban J connectivity index is 2.19. The summed E-state index contributed by atoms with van der Waals surface area (Å²) in [7, 11) is 0. The fourth-order valence-electron chi connectivity index (χ4n) is 1.61. The molecule has 0 radical (unpaired) electrons. The largest absolute Gasteiger partial charge is 0.377 e. The van der Waals surface area contributed by atoms with Crippen LogP contribution in [0.2, 0.25) is 0 Å². The van der Waals surface area contributed by atoms with E-state index in [9.17, 15) is 0 Å². The number of hydrogen-bond donors (Lipinski definition) is 1. The van der Waals surface area contributed by atoms with E-state index in [1.807, 2.05) is 12.1 Å². The molecule has 1 heterocycles. The molecule has 88 valence electrons. The quantitative estimate of drug-likeness (QED) is 0.937. The highest BCUT2D eigenvalue weighted by Gasteiger charge is 2.08. The van der Waals surface area contributed by atoms with Crippen LogP contribution in [0.3, 0.4) is 0 Å². The Hall–Kier alpha value is -1.42. The number of nitrogens with one attached hydrogen (secondary N) is 1. The van der Waals surface area contributed by atoms with Crippen LogP contribution in [0.4, 0.5) is 5.69 Å². The van der Waals surface area contributed by atoms with Gasteiger partial charge in [0.2, 0.25) is 0 Å². The van der Waals surface area contributed by atoms with Gasteiger partial charge in [0.25, 0.3) is 0 Å². The Morgan fingerprint density at radius 1 is 1.29 bits per heavy atom. The third kappa shape index (κ3) is 2.82. The number of nitrogens with zero attached hydrogens (tertiary/aromatic N) is 2. The molecule has 0 saturated heterocycles. The smallest absolute Gasteiger partial charge is 0.0806 e. The van der Waals surface area contributed by atoms with Crippen LogP contribution in [0, 0.1) is 6.92 Å². The van der Waals surface area contributed by atoms with Crippen LogP contribution in [-0.2, 0) is 0 Å². The summed E-state index contributed by atoms with van der Waals surface area (Å²) < 4.78 is 1.11. The highest BCUT2D eigenvalue weighted by atomic mass is 79.9. The molecule has 0 amide bonds. The van der Waals surface area contributed by atoms with E-state index in [1.54, 1.807) is 18.6 Å². The third-order valence-corrected chi connectivity index (χ3v) is 3.53. The molecule has 3 nitrogen and oxygen atoms in total. The molecular weight excluding hydrogens is 278 g/mol. The minimum atomic E-state index is 0.136. The van der Waals surface area contributed by atoms with Crippen molar-refractivity contribution in [3.63, 3.8) is 0 Å². The van der Waals surface area contributed by atoms with Crippen molar-refractivity contribution in [2.45, 2.75) is 19.9 Å². The van der Waals surface area contributed by atoms with Crippen molar-refractivity contribution in [1.29, 1.82) is 0 Å². The van der Waals surface area contributed by atoms with Gasteiger partial charge in [0.15, 0.2) is 0 Å². The van der Waals surface area contributed by atoms with Gasteiger partial charge in [-0.15, -0.1) is 0 Å². The zero-order valence-electron chi connectivity index (χ0n) is 9.81. The first-order valence-electron chi connectivity index (χ1n) is 5.46. The van der Waals surface area contributed by atoms with E-state index in [1.165, 1.54) is 5.56 Å². The van der Waals surface area contributed by atoms with Crippen molar-refractivity contribution in [2.24, 2.45) is 0 Å². The molecule has 1 aromatic heterocycles. The Bertz CT molecular complexity index is 499. The van der Waals surface area contributed by atoms with Gasteiger partial charge in [-0.05, 0) is 31.5 Å². The normalized spacial score (nSPS) is 12.2. The van der Waals surface area contributed by atoms with E-state index in [4.69, 9.17) is 0 Å². The van der Waals surface area contributed by atoms with E-state index in [-0.39, 0.29) is 6.04 Å². The molecule has 1 atom stereocenters. The van der Waals surface area contributed by atoms with Crippen LogP contribution >= 0.6 is 15.9 Å². The third-order valence-electron chi connectivity index (χ3n) is 2.67. The zero-order valence-corrected chi connectivity index (χ0v) is 11.4. The second kappa shape index (κ2) is 5.27. The molecule has 0 saturated carbocycles. The fourth-order valence-corrected chi connectivity index (χ4v) is 1.97. The first kappa shape index (κ1) is 12.0. The van der Waals surface area contributed by atoms with Gasteiger partial charge in [0, 0.05) is 22.6 Å². The first-order chi connectivity index (χ1) is 8.18. The van der Waals surface area contributed by atoms with Crippen molar-refractivity contribution >= 4 is 21.6 Å². The number of aromatic nitrogens is 2. The summed E-state index contributed by atoms with van der Waals surface area (Å²) in [4.78, 5) is 8.37. The number of rotatable bonds is 3. The molecule has 0 bridgehead atoms. The molecule has 2 aromatic rings. The van der Waals surface area contributed by atoms with Gasteiger partial charge in [0.05, 0.1) is 17.9 Å². The molecule has 17 heavy (non-hydrogen) atoms. The number of anilines is 1. The van der Waals surface area contributed by atoms with Crippen LogP contribution < -0.4 is 5.32 Å². The van der Waals surface area contributed by atoms with Crippen molar-refractivity contribution < 1.29 is 0 Å². The number of halogens is 1. The monoisotopic (exact) mass is 291 g/mol. The second-order valence-corrected chi connectivity index (χ2v) is 4.76. The van der Waals surface area contributed by atoms with Crippen molar-refractivity contribution in [3.8, 4) is 0 Å². The lowest BCUT2D eigenvalue weighted by molar-refractivity contribution is 0.826. The maximum absolute atomic E-state index is 4.29. The van der Waals surface area contributed by atoms with Crippen LogP contribution in [0.1, 0.15) is 24.2 Å². The fraction of sp³-hybridized carbons (Fsp3) is 0.231. The van der Waals surface area contributed by atoms with Gasteiger partial charge >= 0.3 is 0 Å². The molecule has 1 N–H and O–H groups in total. The van der Waals surface area contributed by atoms with E-state index in [0.717, 1.165) is 15.9 Å². The van der Waals surface area contributed by atoms with Gasteiger partial charge in [0.1, 0.15) is 0 Å². The van der Waals surface area contributed by atoms with Crippen LogP contribution in [0.25, 0.3) is 0 Å². The Morgan fingerprint density at radius 3 is 2.82 bits per heavy atom. The molecular formula is C13H14BrN3. The summed E-state index contributed by atoms with van der Waals surface area (Å²) in [5.41, 5.74) is 3.24. The second-order valence-electron chi connectivity index (χ2n) is 3.91. The van der Waals surface area contributed by atoms with E-state index in [0.29, 0.717) is 0 Å². The summed E-state index contributed by atoms with van der Waals surface area (Å²) in [6.45, 7) is 4.15.